The zero-order valence-corrected chi connectivity index (χ0v) is 14.6. The maximum atomic E-state index is 7.21. The molecule has 0 heterocycles. The summed E-state index contributed by atoms with van der Waals surface area (Å²) in [5.74, 6) is 0.807. The van der Waals surface area contributed by atoms with Crippen LogP contribution in [0.2, 0.25) is 0 Å². The molecular formula is C16H20Cl2O4. The standard InChI is InChI=1S/C16H20Cl2O4/c1-19-12-13(20-2)15(18)11-9-6-5-8(7-9)10(11)14(12,17)16(15,21-3)22-4/h5-6,8-11H,7H2,1-4H3/t8-,9+,10-,11+,14-,15+. The van der Waals surface area contributed by atoms with E-state index >= 15 is 0 Å². The molecule has 2 saturated carbocycles. The van der Waals surface area contributed by atoms with Crippen LogP contribution in [0.15, 0.2) is 23.7 Å². The number of ether oxygens (including phenoxy) is 4. The van der Waals surface area contributed by atoms with E-state index < -0.39 is 15.5 Å². The number of hydrogen-bond acceptors (Lipinski definition) is 4. The van der Waals surface area contributed by atoms with Crippen LogP contribution in [-0.4, -0.2) is 44.0 Å². The summed E-state index contributed by atoms with van der Waals surface area (Å²) in [5.41, 5.74) is 0. The minimum Gasteiger partial charge on any atom is -0.495 e. The second-order valence-corrected chi connectivity index (χ2v) is 7.71. The molecule has 0 aliphatic heterocycles. The lowest BCUT2D eigenvalue weighted by Crippen LogP contribution is -2.58. The summed E-state index contributed by atoms with van der Waals surface area (Å²) >= 11 is 14.4. The summed E-state index contributed by atoms with van der Waals surface area (Å²) in [7, 11) is 6.35. The van der Waals surface area contributed by atoms with Gasteiger partial charge in [0.15, 0.2) is 21.3 Å². The SMILES string of the molecule is COC1=C(OC)[C@]2(Cl)[C@H]3[C@H]([C@H]4C=C[C@@H]3C4)[C@@]1(Cl)C2(OC)OC. The van der Waals surface area contributed by atoms with E-state index in [0.717, 1.165) is 6.42 Å². The van der Waals surface area contributed by atoms with Gasteiger partial charge in [0.2, 0.25) is 5.79 Å². The van der Waals surface area contributed by atoms with E-state index in [-0.39, 0.29) is 11.8 Å². The van der Waals surface area contributed by atoms with Gasteiger partial charge in [0.05, 0.1) is 14.2 Å². The molecule has 0 N–H and O–H groups in total. The summed E-state index contributed by atoms with van der Waals surface area (Å²) in [6.07, 6.45) is 5.55. The van der Waals surface area contributed by atoms with Crippen LogP contribution in [-0.2, 0) is 18.9 Å². The van der Waals surface area contributed by atoms with Gasteiger partial charge >= 0.3 is 0 Å². The third-order valence-electron chi connectivity index (χ3n) is 6.19. The van der Waals surface area contributed by atoms with Crippen LogP contribution in [0, 0.1) is 23.7 Å². The molecule has 0 spiro atoms. The summed E-state index contributed by atoms with van der Waals surface area (Å²) < 4.78 is 23.0. The number of halogens is 2. The van der Waals surface area contributed by atoms with Gasteiger partial charge in [-0.15, -0.1) is 23.2 Å². The molecule has 22 heavy (non-hydrogen) atoms. The molecular weight excluding hydrogens is 327 g/mol. The Morgan fingerprint density at radius 1 is 0.864 bits per heavy atom. The Kier molecular flexibility index (Phi) is 2.99. The molecule has 4 aliphatic rings. The maximum Gasteiger partial charge on any atom is 0.222 e. The van der Waals surface area contributed by atoms with Crippen molar-refractivity contribution in [1.82, 2.24) is 0 Å². The van der Waals surface area contributed by atoms with Crippen LogP contribution in [0.4, 0.5) is 0 Å². The van der Waals surface area contributed by atoms with Crippen LogP contribution in [0.5, 0.6) is 0 Å². The fourth-order valence-corrected chi connectivity index (χ4v) is 7.28. The van der Waals surface area contributed by atoms with E-state index in [1.807, 2.05) is 0 Å². The van der Waals surface area contributed by atoms with Crippen molar-refractivity contribution in [2.75, 3.05) is 28.4 Å². The normalized spacial score (nSPS) is 49.9. The van der Waals surface area contributed by atoms with Gasteiger partial charge in [0.25, 0.3) is 0 Å². The predicted molar refractivity (Wildman–Crippen MR) is 82.7 cm³/mol. The van der Waals surface area contributed by atoms with E-state index in [1.165, 1.54) is 0 Å². The highest BCUT2D eigenvalue weighted by Crippen LogP contribution is 2.78. The molecule has 4 aliphatic carbocycles. The largest absolute Gasteiger partial charge is 0.495 e. The van der Waals surface area contributed by atoms with Crippen molar-refractivity contribution in [2.24, 2.45) is 23.7 Å². The minimum atomic E-state index is -1.21. The van der Waals surface area contributed by atoms with Gasteiger partial charge in [-0.2, -0.15) is 0 Å². The first-order valence-corrected chi connectivity index (χ1v) is 8.23. The highest BCUT2D eigenvalue weighted by atomic mass is 35.5. The van der Waals surface area contributed by atoms with Gasteiger partial charge in [0.1, 0.15) is 0 Å². The van der Waals surface area contributed by atoms with Gasteiger partial charge < -0.3 is 18.9 Å². The predicted octanol–water partition coefficient (Wildman–Crippen LogP) is 2.90. The number of hydrogen-bond donors (Lipinski definition) is 0. The third-order valence-corrected chi connectivity index (χ3v) is 7.53. The third kappa shape index (κ3) is 1.15. The van der Waals surface area contributed by atoms with Gasteiger partial charge in [0, 0.05) is 26.1 Å². The molecule has 2 fully saturated rings. The van der Waals surface area contributed by atoms with Gasteiger partial charge in [-0.25, -0.2) is 0 Å². The number of methoxy groups -OCH3 is 4. The second kappa shape index (κ2) is 4.35. The summed E-state index contributed by atoms with van der Waals surface area (Å²) in [5, 5.41) is 0. The minimum absolute atomic E-state index is 0.107. The first-order valence-electron chi connectivity index (χ1n) is 7.47. The monoisotopic (exact) mass is 346 g/mol. The van der Waals surface area contributed by atoms with E-state index in [0.29, 0.717) is 23.4 Å². The van der Waals surface area contributed by atoms with Crippen LogP contribution >= 0.6 is 23.2 Å². The van der Waals surface area contributed by atoms with E-state index in [9.17, 15) is 0 Å². The Morgan fingerprint density at radius 3 is 1.59 bits per heavy atom. The number of rotatable bonds is 4. The lowest BCUT2D eigenvalue weighted by atomic mass is 9.74. The summed E-state index contributed by atoms with van der Waals surface area (Å²) in [4.78, 5) is -1.99. The Bertz CT molecular complexity index is 541. The molecule has 4 bridgehead atoms. The molecule has 0 saturated heterocycles. The number of fused-ring (bicyclic) bond motifs is 9. The lowest BCUT2D eigenvalue weighted by molar-refractivity contribution is -0.228. The molecule has 6 atom stereocenters. The molecule has 0 amide bonds. The molecule has 4 rings (SSSR count). The topological polar surface area (TPSA) is 36.9 Å². The average molecular weight is 347 g/mol. The smallest absolute Gasteiger partial charge is 0.222 e. The highest BCUT2D eigenvalue weighted by Gasteiger charge is 2.89. The summed E-state index contributed by atoms with van der Waals surface area (Å²) in [6.45, 7) is 0. The molecule has 0 radical (unpaired) electrons. The molecule has 0 aromatic heterocycles. The Morgan fingerprint density at radius 2 is 1.27 bits per heavy atom. The number of allylic oxidation sites excluding steroid dienone is 2. The molecule has 0 unspecified atom stereocenters. The van der Waals surface area contributed by atoms with Gasteiger partial charge in [-0.3, -0.25) is 0 Å². The van der Waals surface area contributed by atoms with Crippen molar-refractivity contribution in [2.45, 2.75) is 22.0 Å². The molecule has 0 aromatic rings. The van der Waals surface area contributed by atoms with Crippen LogP contribution in [0.25, 0.3) is 0 Å². The lowest BCUT2D eigenvalue weighted by Gasteiger charge is -2.42. The Labute approximate surface area is 140 Å². The van der Waals surface area contributed by atoms with E-state index in [1.54, 1.807) is 28.4 Å². The summed E-state index contributed by atoms with van der Waals surface area (Å²) in [6, 6.07) is 0. The van der Waals surface area contributed by atoms with E-state index in [2.05, 4.69) is 12.2 Å². The van der Waals surface area contributed by atoms with Gasteiger partial charge in [-0.1, -0.05) is 12.2 Å². The first-order chi connectivity index (χ1) is 10.5. The fraction of sp³-hybridized carbons (Fsp3) is 0.750. The zero-order valence-electron chi connectivity index (χ0n) is 13.1. The molecule has 122 valence electrons. The highest BCUT2D eigenvalue weighted by molar-refractivity contribution is 6.34. The van der Waals surface area contributed by atoms with Crippen molar-refractivity contribution in [1.29, 1.82) is 0 Å². The average Bonchev–Trinajstić information content (AvgIpc) is 3.20. The first kappa shape index (κ1) is 15.1. The maximum absolute atomic E-state index is 7.21. The Hall–Kier alpha value is -0.420. The molecule has 6 heteroatoms. The number of alkyl halides is 2. The van der Waals surface area contributed by atoms with Crippen LogP contribution < -0.4 is 0 Å². The Balaban J connectivity index is 2.03. The van der Waals surface area contributed by atoms with Gasteiger partial charge in [-0.05, 0) is 18.3 Å². The fourth-order valence-electron chi connectivity index (χ4n) is 5.70. The molecule has 0 aromatic carbocycles. The van der Waals surface area contributed by atoms with Crippen LogP contribution in [0.1, 0.15) is 6.42 Å². The second-order valence-electron chi connectivity index (χ2n) is 6.51. The van der Waals surface area contributed by atoms with Crippen molar-refractivity contribution < 1.29 is 18.9 Å². The zero-order chi connectivity index (χ0) is 15.9. The van der Waals surface area contributed by atoms with Crippen LogP contribution in [0.3, 0.4) is 0 Å². The van der Waals surface area contributed by atoms with Crippen molar-refractivity contribution >= 4 is 23.2 Å². The molecule has 4 nitrogen and oxygen atoms in total. The van der Waals surface area contributed by atoms with Crippen molar-refractivity contribution in [3.8, 4) is 0 Å². The van der Waals surface area contributed by atoms with E-state index in [4.69, 9.17) is 42.1 Å². The van der Waals surface area contributed by atoms with Crippen molar-refractivity contribution in [3.63, 3.8) is 0 Å². The van der Waals surface area contributed by atoms with Crippen molar-refractivity contribution in [3.05, 3.63) is 23.7 Å². The quantitative estimate of drug-likeness (QED) is 0.339.